The molecule has 0 amide bonds. The average Bonchev–Trinajstić information content (AvgIpc) is 2.49. The van der Waals surface area contributed by atoms with Crippen LogP contribution in [0.3, 0.4) is 0 Å². The van der Waals surface area contributed by atoms with Gasteiger partial charge in [-0.15, -0.1) is 0 Å². The summed E-state index contributed by atoms with van der Waals surface area (Å²) in [4.78, 5) is 20.9. The number of carboxylic acid groups (broad SMARTS) is 1. The number of nitro groups is 1. The van der Waals surface area contributed by atoms with Gasteiger partial charge < -0.3 is 10.9 Å². The van der Waals surface area contributed by atoms with Crippen molar-refractivity contribution >= 4 is 17.4 Å². The number of hydrazone groups is 1. The second-order valence-corrected chi connectivity index (χ2v) is 4.16. The molecule has 106 valence electrons. The number of nitro benzene ring substituents is 1. The molecule has 21 heavy (non-hydrogen) atoms. The Bertz CT molecular complexity index is 647. The molecule has 0 spiro atoms. The largest absolute Gasteiger partial charge is 0.478 e. The Morgan fingerprint density at radius 3 is 1.81 bits per heavy atom. The van der Waals surface area contributed by atoms with Gasteiger partial charge in [-0.25, -0.2) is 4.79 Å². The third-order valence-corrected chi connectivity index (χ3v) is 2.89. The van der Waals surface area contributed by atoms with Gasteiger partial charge in [-0.05, 0) is 24.3 Å². The first-order valence-electron chi connectivity index (χ1n) is 5.89. The molecule has 0 atom stereocenters. The number of carbonyl (C=O) groups is 1. The van der Waals surface area contributed by atoms with Crippen molar-refractivity contribution in [1.82, 2.24) is 0 Å². The smallest absolute Gasteiger partial charge is 0.335 e. The summed E-state index contributed by atoms with van der Waals surface area (Å²) < 4.78 is 0. The molecule has 0 aliphatic rings. The molecule has 0 aliphatic heterocycles. The fourth-order valence-electron chi connectivity index (χ4n) is 1.83. The van der Waals surface area contributed by atoms with E-state index in [-0.39, 0.29) is 11.3 Å². The zero-order valence-electron chi connectivity index (χ0n) is 10.8. The average molecular weight is 285 g/mol. The van der Waals surface area contributed by atoms with E-state index in [0.717, 1.165) is 0 Å². The molecule has 0 fully saturated rings. The molecule has 0 bridgehead atoms. The number of rotatable bonds is 4. The van der Waals surface area contributed by atoms with Crippen LogP contribution in [-0.2, 0) is 0 Å². The zero-order chi connectivity index (χ0) is 15.4. The molecule has 0 aliphatic carbocycles. The lowest BCUT2D eigenvalue weighted by atomic mass is 10.0. The maximum absolute atomic E-state index is 10.8. The standard InChI is InChI=1S/C14H11N3O4/c15-16-13(9-1-3-11(4-2-9)14(18)19)10-5-7-12(8-6-10)17(20)21/h1-8H,15H2,(H,18,19)/b16-13+. The van der Waals surface area contributed by atoms with Crippen LogP contribution in [0.5, 0.6) is 0 Å². The molecule has 7 heteroatoms. The van der Waals surface area contributed by atoms with Gasteiger partial charge in [0, 0.05) is 23.3 Å². The summed E-state index contributed by atoms with van der Waals surface area (Å²) in [6, 6.07) is 11.8. The quantitative estimate of drug-likeness (QED) is 0.385. The summed E-state index contributed by atoms with van der Waals surface area (Å²) in [5.41, 5.74) is 1.76. The fourth-order valence-corrected chi connectivity index (χ4v) is 1.83. The highest BCUT2D eigenvalue weighted by atomic mass is 16.6. The van der Waals surface area contributed by atoms with Gasteiger partial charge in [0.15, 0.2) is 0 Å². The lowest BCUT2D eigenvalue weighted by Gasteiger charge is -2.06. The third-order valence-electron chi connectivity index (χ3n) is 2.89. The molecule has 3 N–H and O–H groups in total. The van der Waals surface area contributed by atoms with E-state index in [0.29, 0.717) is 16.8 Å². The van der Waals surface area contributed by atoms with Crippen molar-refractivity contribution in [3.63, 3.8) is 0 Å². The Morgan fingerprint density at radius 2 is 1.43 bits per heavy atom. The van der Waals surface area contributed by atoms with E-state index in [2.05, 4.69) is 5.10 Å². The van der Waals surface area contributed by atoms with Crippen LogP contribution in [0.4, 0.5) is 5.69 Å². The Labute approximate surface area is 119 Å². The highest BCUT2D eigenvalue weighted by Crippen LogP contribution is 2.16. The van der Waals surface area contributed by atoms with Crippen molar-refractivity contribution in [3.05, 3.63) is 75.3 Å². The first-order valence-corrected chi connectivity index (χ1v) is 5.89. The predicted molar refractivity (Wildman–Crippen MR) is 76.3 cm³/mol. The van der Waals surface area contributed by atoms with Gasteiger partial charge in [-0.1, -0.05) is 12.1 Å². The van der Waals surface area contributed by atoms with Crippen molar-refractivity contribution in [1.29, 1.82) is 0 Å². The normalized spacial score (nSPS) is 11.1. The molecule has 0 unspecified atom stereocenters. The van der Waals surface area contributed by atoms with Gasteiger partial charge in [0.2, 0.25) is 0 Å². The van der Waals surface area contributed by atoms with E-state index >= 15 is 0 Å². The number of nitrogens with two attached hydrogens (primary N) is 1. The van der Waals surface area contributed by atoms with Gasteiger partial charge in [0.05, 0.1) is 16.2 Å². The molecule has 0 saturated heterocycles. The monoisotopic (exact) mass is 285 g/mol. The van der Waals surface area contributed by atoms with Crippen molar-refractivity contribution in [2.45, 2.75) is 0 Å². The summed E-state index contributed by atoms with van der Waals surface area (Å²) in [6.45, 7) is 0. The number of nitrogens with zero attached hydrogens (tertiary/aromatic N) is 2. The van der Waals surface area contributed by atoms with Crippen LogP contribution in [0.2, 0.25) is 0 Å². The van der Waals surface area contributed by atoms with E-state index in [4.69, 9.17) is 10.9 Å². The Balaban J connectivity index is 2.35. The summed E-state index contributed by atoms with van der Waals surface area (Å²) in [5.74, 6) is 4.35. The van der Waals surface area contributed by atoms with Crippen LogP contribution < -0.4 is 5.84 Å². The minimum Gasteiger partial charge on any atom is -0.478 e. The van der Waals surface area contributed by atoms with E-state index < -0.39 is 10.9 Å². The van der Waals surface area contributed by atoms with Crippen LogP contribution >= 0.6 is 0 Å². The topological polar surface area (TPSA) is 119 Å². The maximum atomic E-state index is 10.8. The summed E-state index contributed by atoms with van der Waals surface area (Å²) in [7, 11) is 0. The van der Waals surface area contributed by atoms with Gasteiger partial charge in [0.25, 0.3) is 5.69 Å². The van der Waals surface area contributed by atoms with Gasteiger partial charge >= 0.3 is 5.97 Å². The summed E-state index contributed by atoms with van der Waals surface area (Å²) in [5, 5.41) is 23.1. The lowest BCUT2D eigenvalue weighted by molar-refractivity contribution is -0.384. The molecule has 0 saturated carbocycles. The predicted octanol–water partition coefficient (Wildman–Crippen LogP) is 2.00. The number of carboxylic acids is 1. The Morgan fingerprint density at radius 1 is 1.00 bits per heavy atom. The minimum absolute atomic E-state index is 0.0312. The number of hydrogen-bond donors (Lipinski definition) is 2. The Kier molecular flexibility index (Phi) is 3.94. The second-order valence-electron chi connectivity index (χ2n) is 4.16. The maximum Gasteiger partial charge on any atom is 0.335 e. The van der Waals surface area contributed by atoms with Crippen molar-refractivity contribution in [3.8, 4) is 0 Å². The van der Waals surface area contributed by atoms with Gasteiger partial charge in [0.1, 0.15) is 0 Å². The van der Waals surface area contributed by atoms with E-state index in [1.54, 1.807) is 12.1 Å². The van der Waals surface area contributed by atoms with Crippen LogP contribution in [0, 0.1) is 10.1 Å². The molecule has 0 heterocycles. The second kappa shape index (κ2) is 5.83. The fraction of sp³-hybridized carbons (Fsp3) is 0. The SMILES string of the molecule is N/N=C(\c1ccc(C(=O)O)cc1)c1ccc([N+](=O)[O-])cc1. The molecule has 7 nitrogen and oxygen atoms in total. The minimum atomic E-state index is -1.02. The number of benzene rings is 2. The van der Waals surface area contributed by atoms with Crippen LogP contribution in [0.1, 0.15) is 21.5 Å². The lowest BCUT2D eigenvalue weighted by Crippen LogP contribution is -2.07. The Hall–Kier alpha value is -3.22. The third kappa shape index (κ3) is 3.03. The molecule has 2 aromatic rings. The summed E-state index contributed by atoms with van der Waals surface area (Å²) in [6.07, 6.45) is 0. The first kappa shape index (κ1) is 14.2. The molecule has 2 rings (SSSR count). The highest BCUT2D eigenvalue weighted by molar-refractivity contribution is 6.13. The van der Waals surface area contributed by atoms with E-state index in [9.17, 15) is 14.9 Å². The van der Waals surface area contributed by atoms with Gasteiger partial charge in [-0.3, -0.25) is 10.1 Å². The molecule has 2 aromatic carbocycles. The first-order chi connectivity index (χ1) is 10.0. The van der Waals surface area contributed by atoms with Crippen LogP contribution in [0.25, 0.3) is 0 Å². The summed E-state index contributed by atoms with van der Waals surface area (Å²) >= 11 is 0. The number of non-ortho nitro benzene ring substituents is 1. The van der Waals surface area contributed by atoms with E-state index in [1.165, 1.54) is 36.4 Å². The van der Waals surface area contributed by atoms with Crippen molar-refractivity contribution in [2.75, 3.05) is 0 Å². The zero-order valence-corrected chi connectivity index (χ0v) is 10.8. The highest BCUT2D eigenvalue weighted by Gasteiger charge is 2.11. The van der Waals surface area contributed by atoms with Crippen LogP contribution in [-0.4, -0.2) is 21.7 Å². The molecule has 0 radical (unpaired) electrons. The molecule has 0 aromatic heterocycles. The van der Waals surface area contributed by atoms with E-state index in [1.807, 2.05) is 0 Å². The van der Waals surface area contributed by atoms with Crippen molar-refractivity contribution in [2.24, 2.45) is 10.9 Å². The number of hydrogen-bond acceptors (Lipinski definition) is 5. The molecular weight excluding hydrogens is 274 g/mol. The van der Waals surface area contributed by atoms with Crippen molar-refractivity contribution < 1.29 is 14.8 Å². The number of aromatic carboxylic acids is 1. The molecular formula is C14H11N3O4. The van der Waals surface area contributed by atoms with Crippen LogP contribution in [0.15, 0.2) is 53.6 Å². The van der Waals surface area contributed by atoms with Gasteiger partial charge in [-0.2, -0.15) is 5.10 Å².